The molecule has 1 atom stereocenters. The van der Waals surface area contributed by atoms with Gasteiger partial charge in [0.05, 0.1) is 6.61 Å². The Hall–Kier alpha value is -2.12. The van der Waals surface area contributed by atoms with E-state index < -0.39 is 29.1 Å². The molecule has 2 heterocycles. The Morgan fingerprint density at radius 2 is 1.53 bits per heavy atom. The number of carbonyl (C=O) groups excluding carboxylic acids is 1. The summed E-state index contributed by atoms with van der Waals surface area (Å²) >= 11 is 0. The normalized spacial score (nSPS) is 19.4. The Labute approximate surface area is 94.7 Å². The van der Waals surface area contributed by atoms with E-state index in [1.54, 1.807) is 0 Å². The van der Waals surface area contributed by atoms with Crippen molar-refractivity contribution in [3.8, 4) is 0 Å². The zero-order valence-corrected chi connectivity index (χ0v) is 9.37. The van der Waals surface area contributed by atoms with Crippen molar-refractivity contribution in [2.75, 3.05) is 6.61 Å². The number of rotatable bonds is 1. The molecule has 8 heteroatoms. The van der Waals surface area contributed by atoms with Crippen molar-refractivity contribution in [2.45, 2.75) is 12.5 Å². The third-order valence-electron chi connectivity index (χ3n) is 2.78. The second-order valence-electron chi connectivity index (χ2n) is 3.81. The van der Waals surface area contributed by atoms with E-state index in [0.717, 1.165) is 13.7 Å². The summed E-state index contributed by atoms with van der Waals surface area (Å²) < 4.78 is 7.04. The summed E-state index contributed by atoms with van der Waals surface area (Å²) in [5.41, 5.74) is -2.33. The predicted octanol–water partition coefficient (Wildman–Crippen LogP) is -2.27. The maximum Gasteiger partial charge on any atom is 0.336 e. The molecule has 0 amide bonds. The van der Waals surface area contributed by atoms with E-state index in [2.05, 4.69) is 0 Å². The lowest BCUT2D eigenvalue weighted by Gasteiger charge is -2.11. The van der Waals surface area contributed by atoms with E-state index in [0.29, 0.717) is 0 Å². The molecule has 1 aromatic heterocycles. The molecule has 2 rings (SSSR count). The quantitative estimate of drug-likeness (QED) is 0.517. The summed E-state index contributed by atoms with van der Waals surface area (Å²) in [5, 5.41) is 0. The fraction of sp³-hybridized carbons (Fsp3) is 0.556. The highest BCUT2D eigenvalue weighted by Crippen LogP contribution is 2.16. The molecule has 92 valence electrons. The molecule has 8 nitrogen and oxygen atoms in total. The maximum atomic E-state index is 11.8. The van der Waals surface area contributed by atoms with Crippen LogP contribution >= 0.6 is 0 Å². The highest BCUT2D eigenvalue weighted by Gasteiger charge is 2.32. The molecule has 0 N–H and O–H groups in total. The molecule has 0 aliphatic carbocycles. The fourth-order valence-electron chi connectivity index (χ4n) is 1.78. The summed E-state index contributed by atoms with van der Waals surface area (Å²) in [7, 11) is 2.50. The summed E-state index contributed by atoms with van der Waals surface area (Å²) in [6.07, 6.45) is 0.256. The number of aromatic nitrogens is 3. The standard InChI is InChI=1S/C9H11N3O5/c1-10-7(14)11(2)9(16)12(8(10)15)5-3-4-17-6(5)13/h5H,3-4H2,1-2H3. The van der Waals surface area contributed by atoms with Gasteiger partial charge >= 0.3 is 23.0 Å². The van der Waals surface area contributed by atoms with Crippen LogP contribution < -0.4 is 17.1 Å². The van der Waals surface area contributed by atoms with E-state index in [9.17, 15) is 19.2 Å². The summed E-state index contributed by atoms with van der Waals surface area (Å²) in [4.78, 5) is 46.4. The zero-order chi connectivity index (χ0) is 12.7. The molecule has 0 bridgehead atoms. The van der Waals surface area contributed by atoms with Gasteiger partial charge in [-0.25, -0.2) is 32.9 Å². The van der Waals surface area contributed by atoms with Crippen LogP contribution in [0.1, 0.15) is 12.5 Å². The van der Waals surface area contributed by atoms with Crippen LogP contribution in [0.2, 0.25) is 0 Å². The van der Waals surface area contributed by atoms with Gasteiger partial charge in [0.15, 0.2) is 0 Å². The van der Waals surface area contributed by atoms with Crippen LogP contribution in [0.3, 0.4) is 0 Å². The molecule has 0 aromatic carbocycles. The third kappa shape index (κ3) is 1.52. The van der Waals surface area contributed by atoms with Gasteiger partial charge in [0.25, 0.3) is 0 Å². The molecular formula is C9H11N3O5. The Balaban J connectivity index is 2.79. The molecule has 1 saturated heterocycles. The molecule has 17 heavy (non-hydrogen) atoms. The topological polar surface area (TPSA) is 92.3 Å². The van der Waals surface area contributed by atoms with Gasteiger partial charge in [-0.05, 0) is 0 Å². The second kappa shape index (κ2) is 3.72. The first-order valence-electron chi connectivity index (χ1n) is 5.00. The minimum Gasteiger partial charge on any atom is -0.464 e. The van der Waals surface area contributed by atoms with Gasteiger partial charge in [0, 0.05) is 20.5 Å². The highest BCUT2D eigenvalue weighted by atomic mass is 16.5. The van der Waals surface area contributed by atoms with Gasteiger partial charge < -0.3 is 4.74 Å². The van der Waals surface area contributed by atoms with Crippen molar-refractivity contribution in [3.05, 3.63) is 31.5 Å². The minimum atomic E-state index is -0.937. The SMILES string of the molecule is Cn1c(=O)n(C)c(=O)n(C2CCOC2=O)c1=O. The number of cyclic esters (lactones) is 1. The first kappa shape index (κ1) is 11.4. The van der Waals surface area contributed by atoms with Crippen LogP contribution in [0.15, 0.2) is 14.4 Å². The van der Waals surface area contributed by atoms with Crippen molar-refractivity contribution in [2.24, 2.45) is 14.1 Å². The average molecular weight is 241 g/mol. The number of hydrogen-bond acceptors (Lipinski definition) is 5. The number of carbonyl (C=O) groups is 1. The lowest BCUT2D eigenvalue weighted by Crippen LogP contribution is -2.54. The second-order valence-corrected chi connectivity index (χ2v) is 3.81. The maximum absolute atomic E-state index is 11.8. The van der Waals surface area contributed by atoms with E-state index in [4.69, 9.17) is 4.74 Å². The van der Waals surface area contributed by atoms with Crippen LogP contribution in [-0.4, -0.2) is 26.3 Å². The average Bonchev–Trinajstić information content (AvgIpc) is 2.71. The molecule has 0 spiro atoms. The van der Waals surface area contributed by atoms with Gasteiger partial charge in [0.2, 0.25) is 0 Å². The number of esters is 1. The Kier molecular flexibility index (Phi) is 2.49. The van der Waals surface area contributed by atoms with E-state index in [-0.39, 0.29) is 13.0 Å². The van der Waals surface area contributed by atoms with E-state index in [1.165, 1.54) is 14.1 Å². The number of ether oxygens (including phenoxy) is 1. The molecule has 0 radical (unpaired) electrons. The lowest BCUT2D eigenvalue weighted by molar-refractivity contribution is -0.140. The first-order chi connectivity index (χ1) is 7.95. The largest absolute Gasteiger partial charge is 0.464 e. The zero-order valence-electron chi connectivity index (χ0n) is 9.37. The van der Waals surface area contributed by atoms with Crippen molar-refractivity contribution >= 4 is 5.97 Å². The van der Waals surface area contributed by atoms with Gasteiger partial charge in [-0.2, -0.15) is 0 Å². The van der Waals surface area contributed by atoms with Crippen molar-refractivity contribution < 1.29 is 9.53 Å². The van der Waals surface area contributed by atoms with Crippen molar-refractivity contribution in [1.82, 2.24) is 13.7 Å². The minimum absolute atomic E-state index is 0.169. The molecule has 1 unspecified atom stereocenters. The predicted molar refractivity (Wildman–Crippen MR) is 55.8 cm³/mol. The van der Waals surface area contributed by atoms with Crippen LogP contribution in [0.4, 0.5) is 0 Å². The Morgan fingerprint density at radius 3 is 1.94 bits per heavy atom. The van der Waals surface area contributed by atoms with Crippen LogP contribution in [-0.2, 0) is 23.6 Å². The van der Waals surface area contributed by atoms with E-state index in [1.807, 2.05) is 0 Å². The summed E-state index contributed by atoms with van der Waals surface area (Å²) in [6.45, 7) is 0.169. The lowest BCUT2D eigenvalue weighted by atomic mass is 10.2. The Bertz CT molecular complexity index is 610. The third-order valence-corrected chi connectivity index (χ3v) is 2.78. The van der Waals surface area contributed by atoms with Crippen LogP contribution in [0, 0.1) is 0 Å². The van der Waals surface area contributed by atoms with Gasteiger partial charge in [-0.3, -0.25) is 0 Å². The molecule has 0 saturated carbocycles. The fourth-order valence-corrected chi connectivity index (χ4v) is 1.78. The first-order valence-corrected chi connectivity index (χ1v) is 5.00. The summed E-state index contributed by atoms with van der Waals surface area (Å²) in [6, 6.07) is -0.937. The smallest absolute Gasteiger partial charge is 0.336 e. The molecule has 1 fully saturated rings. The summed E-state index contributed by atoms with van der Waals surface area (Å²) in [5.74, 6) is -0.622. The molecular weight excluding hydrogens is 230 g/mol. The van der Waals surface area contributed by atoms with Gasteiger partial charge in [-0.1, -0.05) is 0 Å². The van der Waals surface area contributed by atoms with Crippen molar-refractivity contribution in [1.29, 1.82) is 0 Å². The van der Waals surface area contributed by atoms with E-state index >= 15 is 0 Å². The molecule has 1 aliphatic heterocycles. The number of nitrogens with zero attached hydrogens (tertiary/aromatic N) is 3. The Morgan fingerprint density at radius 1 is 1.00 bits per heavy atom. The van der Waals surface area contributed by atoms with Crippen molar-refractivity contribution in [3.63, 3.8) is 0 Å². The van der Waals surface area contributed by atoms with Crippen LogP contribution in [0.25, 0.3) is 0 Å². The highest BCUT2D eigenvalue weighted by molar-refractivity contribution is 5.75. The van der Waals surface area contributed by atoms with Gasteiger partial charge in [0.1, 0.15) is 6.04 Å². The van der Waals surface area contributed by atoms with Crippen LogP contribution in [0.5, 0.6) is 0 Å². The monoisotopic (exact) mass is 241 g/mol. The molecule has 1 aromatic rings. The molecule has 1 aliphatic rings. The number of hydrogen-bond donors (Lipinski definition) is 0. The van der Waals surface area contributed by atoms with Gasteiger partial charge in [-0.15, -0.1) is 0 Å².